The van der Waals surface area contributed by atoms with Gasteiger partial charge >= 0.3 is 5.97 Å². The molecule has 2 rings (SSSR count). The number of benzene rings is 1. The number of carboxylic acids is 1. The van der Waals surface area contributed by atoms with Crippen molar-refractivity contribution in [2.24, 2.45) is 0 Å². The van der Waals surface area contributed by atoms with Crippen molar-refractivity contribution in [1.82, 2.24) is 10.2 Å². The van der Waals surface area contributed by atoms with Crippen LogP contribution in [-0.2, 0) is 9.59 Å². The van der Waals surface area contributed by atoms with Crippen molar-refractivity contribution in [3.05, 3.63) is 29.3 Å². The number of carbonyl (C=O) groups excluding carboxylic acids is 1. The summed E-state index contributed by atoms with van der Waals surface area (Å²) in [5.41, 5.74) is 1.06. The minimum absolute atomic E-state index is 0.0527. The largest absolute Gasteiger partial charge is 0.480 e. The van der Waals surface area contributed by atoms with Crippen LogP contribution < -0.4 is 10.2 Å². The number of amides is 1. The molecule has 0 spiro atoms. The molecule has 1 aromatic carbocycles. The van der Waals surface area contributed by atoms with Gasteiger partial charge in [0.25, 0.3) is 0 Å². The molecule has 1 unspecified atom stereocenters. The quantitative estimate of drug-likeness (QED) is 0.782. The molecular formula is C17H24ClN3O3. The number of nitrogens with one attached hydrogen (secondary N) is 1. The van der Waals surface area contributed by atoms with Crippen molar-refractivity contribution in [1.29, 1.82) is 0 Å². The van der Waals surface area contributed by atoms with E-state index in [0.29, 0.717) is 24.5 Å². The first kappa shape index (κ1) is 18.5. The first-order valence-corrected chi connectivity index (χ1v) is 8.63. The van der Waals surface area contributed by atoms with Gasteiger partial charge in [0.2, 0.25) is 5.91 Å². The van der Waals surface area contributed by atoms with E-state index < -0.39 is 12.0 Å². The topological polar surface area (TPSA) is 72.9 Å². The van der Waals surface area contributed by atoms with E-state index in [-0.39, 0.29) is 12.5 Å². The van der Waals surface area contributed by atoms with E-state index in [4.69, 9.17) is 16.7 Å². The molecule has 7 heteroatoms. The Balaban J connectivity index is 1.81. The number of piperazine rings is 1. The van der Waals surface area contributed by atoms with Crippen LogP contribution >= 0.6 is 11.6 Å². The third-order valence-electron chi connectivity index (χ3n) is 4.18. The SMILES string of the molecule is CCCC(NCC(=O)N1CCN(c2cccc(Cl)c2)CC1)C(=O)O. The predicted molar refractivity (Wildman–Crippen MR) is 94.6 cm³/mol. The highest BCUT2D eigenvalue weighted by molar-refractivity contribution is 6.30. The molecule has 1 aromatic rings. The lowest BCUT2D eigenvalue weighted by molar-refractivity contribution is -0.140. The monoisotopic (exact) mass is 353 g/mol. The second kappa shape index (κ2) is 8.89. The van der Waals surface area contributed by atoms with Gasteiger partial charge in [0.05, 0.1) is 6.54 Å². The maximum absolute atomic E-state index is 12.3. The van der Waals surface area contributed by atoms with Gasteiger partial charge in [0.15, 0.2) is 0 Å². The van der Waals surface area contributed by atoms with Gasteiger partial charge in [0, 0.05) is 36.9 Å². The van der Waals surface area contributed by atoms with Crippen LogP contribution in [0.25, 0.3) is 0 Å². The highest BCUT2D eigenvalue weighted by atomic mass is 35.5. The lowest BCUT2D eigenvalue weighted by atomic mass is 10.1. The van der Waals surface area contributed by atoms with E-state index in [1.807, 2.05) is 31.2 Å². The van der Waals surface area contributed by atoms with Crippen molar-refractivity contribution in [3.8, 4) is 0 Å². The zero-order valence-corrected chi connectivity index (χ0v) is 14.6. The van der Waals surface area contributed by atoms with Crippen LogP contribution in [0.3, 0.4) is 0 Å². The number of carbonyl (C=O) groups is 2. The molecule has 132 valence electrons. The Labute approximate surface area is 147 Å². The third-order valence-corrected chi connectivity index (χ3v) is 4.42. The summed E-state index contributed by atoms with van der Waals surface area (Å²) in [4.78, 5) is 27.3. The van der Waals surface area contributed by atoms with Gasteiger partial charge in [-0.15, -0.1) is 0 Å². The molecule has 2 N–H and O–H groups in total. The van der Waals surface area contributed by atoms with Crippen molar-refractivity contribution in [2.45, 2.75) is 25.8 Å². The van der Waals surface area contributed by atoms with Crippen molar-refractivity contribution in [2.75, 3.05) is 37.6 Å². The maximum atomic E-state index is 12.3. The molecule has 1 aliphatic rings. The number of halogens is 1. The third kappa shape index (κ3) is 5.11. The second-order valence-electron chi connectivity index (χ2n) is 5.91. The number of carboxylic acid groups (broad SMARTS) is 1. The van der Waals surface area contributed by atoms with Gasteiger partial charge in [-0.2, -0.15) is 0 Å². The highest BCUT2D eigenvalue weighted by Crippen LogP contribution is 2.20. The number of hydrogen-bond acceptors (Lipinski definition) is 4. The molecule has 1 heterocycles. The molecule has 1 fully saturated rings. The molecule has 0 saturated carbocycles. The summed E-state index contributed by atoms with van der Waals surface area (Å²) in [5.74, 6) is -0.960. The van der Waals surface area contributed by atoms with Crippen LogP contribution in [0.2, 0.25) is 5.02 Å². The minimum Gasteiger partial charge on any atom is -0.480 e. The zero-order valence-electron chi connectivity index (χ0n) is 13.9. The Hall–Kier alpha value is -1.79. The van der Waals surface area contributed by atoms with E-state index in [9.17, 15) is 9.59 Å². The summed E-state index contributed by atoms with van der Waals surface area (Å²) in [6, 6.07) is 7.02. The zero-order chi connectivity index (χ0) is 17.5. The number of nitrogens with zero attached hydrogens (tertiary/aromatic N) is 2. The Morgan fingerprint density at radius 2 is 2.00 bits per heavy atom. The summed E-state index contributed by atoms with van der Waals surface area (Å²) in [6.07, 6.45) is 1.28. The van der Waals surface area contributed by atoms with Crippen LogP contribution in [0.1, 0.15) is 19.8 Å². The molecule has 0 aromatic heterocycles. The van der Waals surface area contributed by atoms with E-state index >= 15 is 0 Å². The van der Waals surface area contributed by atoms with Crippen LogP contribution in [-0.4, -0.2) is 60.6 Å². The minimum atomic E-state index is -0.907. The van der Waals surface area contributed by atoms with Crippen LogP contribution in [0.5, 0.6) is 0 Å². The smallest absolute Gasteiger partial charge is 0.320 e. The fraction of sp³-hybridized carbons (Fsp3) is 0.529. The fourth-order valence-corrected chi connectivity index (χ4v) is 3.00. The Morgan fingerprint density at radius 1 is 1.29 bits per heavy atom. The first-order chi connectivity index (χ1) is 11.5. The second-order valence-corrected chi connectivity index (χ2v) is 6.34. The normalized spacial score (nSPS) is 16.1. The number of hydrogen-bond donors (Lipinski definition) is 2. The van der Waals surface area contributed by atoms with Gasteiger partial charge in [-0.3, -0.25) is 14.9 Å². The van der Waals surface area contributed by atoms with Crippen molar-refractivity contribution >= 4 is 29.2 Å². The molecule has 0 radical (unpaired) electrons. The number of aliphatic carboxylic acids is 1. The average Bonchev–Trinajstić information content (AvgIpc) is 2.58. The van der Waals surface area contributed by atoms with Crippen molar-refractivity contribution < 1.29 is 14.7 Å². The summed E-state index contributed by atoms with van der Waals surface area (Å²) >= 11 is 6.02. The Morgan fingerprint density at radius 3 is 2.58 bits per heavy atom. The fourth-order valence-electron chi connectivity index (χ4n) is 2.81. The standard InChI is InChI=1S/C17H24ClN3O3/c1-2-4-15(17(23)24)19-12-16(22)21-9-7-20(8-10-21)14-6-3-5-13(18)11-14/h3,5-6,11,15,19H,2,4,7-10,12H2,1H3,(H,23,24). The lowest BCUT2D eigenvalue weighted by Crippen LogP contribution is -2.52. The Bertz CT molecular complexity index is 574. The Kier molecular flexibility index (Phi) is 6.87. The molecule has 6 nitrogen and oxygen atoms in total. The average molecular weight is 354 g/mol. The number of rotatable bonds is 7. The highest BCUT2D eigenvalue weighted by Gasteiger charge is 2.23. The predicted octanol–water partition coefficient (Wildman–Crippen LogP) is 1.83. The molecule has 24 heavy (non-hydrogen) atoms. The lowest BCUT2D eigenvalue weighted by Gasteiger charge is -2.36. The van der Waals surface area contributed by atoms with Crippen LogP contribution in [0, 0.1) is 0 Å². The van der Waals surface area contributed by atoms with E-state index in [1.165, 1.54) is 0 Å². The van der Waals surface area contributed by atoms with Crippen LogP contribution in [0.15, 0.2) is 24.3 Å². The molecule has 1 amide bonds. The van der Waals surface area contributed by atoms with Gasteiger partial charge in [-0.05, 0) is 24.6 Å². The van der Waals surface area contributed by atoms with E-state index in [0.717, 1.165) is 25.2 Å². The van der Waals surface area contributed by atoms with Gasteiger partial charge < -0.3 is 14.9 Å². The molecule has 1 atom stereocenters. The molecule has 1 saturated heterocycles. The van der Waals surface area contributed by atoms with Gasteiger partial charge in [-0.25, -0.2) is 0 Å². The summed E-state index contributed by atoms with van der Waals surface area (Å²) < 4.78 is 0. The molecule has 1 aliphatic heterocycles. The molecular weight excluding hydrogens is 330 g/mol. The summed E-state index contributed by atoms with van der Waals surface area (Å²) in [7, 11) is 0. The summed E-state index contributed by atoms with van der Waals surface area (Å²) in [5, 5.41) is 12.7. The molecule has 0 aliphatic carbocycles. The van der Waals surface area contributed by atoms with E-state index in [2.05, 4.69) is 10.2 Å². The van der Waals surface area contributed by atoms with Gasteiger partial charge in [-0.1, -0.05) is 31.0 Å². The first-order valence-electron chi connectivity index (χ1n) is 8.25. The van der Waals surface area contributed by atoms with E-state index in [1.54, 1.807) is 4.90 Å². The number of anilines is 1. The van der Waals surface area contributed by atoms with Gasteiger partial charge in [0.1, 0.15) is 6.04 Å². The van der Waals surface area contributed by atoms with Crippen LogP contribution in [0.4, 0.5) is 5.69 Å². The van der Waals surface area contributed by atoms with Crippen molar-refractivity contribution in [3.63, 3.8) is 0 Å². The molecule has 0 bridgehead atoms. The summed E-state index contributed by atoms with van der Waals surface area (Å²) in [6.45, 7) is 4.71. The maximum Gasteiger partial charge on any atom is 0.320 e.